The van der Waals surface area contributed by atoms with Crippen LogP contribution in [0.25, 0.3) is 10.2 Å². The minimum atomic E-state index is 0.846. The molecule has 0 radical (unpaired) electrons. The molecule has 19 heavy (non-hydrogen) atoms. The second kappa shape index (κ2) is 4.90. The highest BCUT2D eigenvalue weighted by atomic mass is 79.9. The lowest BCUT2D eigenvalue weighted by atomic mass is 10.2. The summed E-state index contributed by atoms with van der Waals surface area (Å²) in [4.78, 5) is 8.94. The van der Waals surface area contributed by atoms with Crippen molar-refractivity contribution in [3.05, 3.63) is 46.1 Å². The normalized spacial score (nSPS) is 10.9. The summed E-state index contributed by atoms with van der Waals surface area (Å²) in [5.74, 6) is 0.846. The lowest BCUT2D eigenvalue weighted by molar-refractivity contribution is 1.23. The number of halogens is 1. The Kier molecular flexibility index (Phi) is 3.24. The van der Waals surface area contributed by atoms with E-state index >= 15 is 0 Å². The zero-order valence-electron chi connectivity index (χ0n) is 10.6. The molecule has 0 atom stereocenters. The minimum Gasteiger partial charge on any atom is -0.316 e. The Morgan fingerprint density at radius 2 is 2.05 bits per heavy atom. The van der Waals surface area contributed by atoms with Crippen molar-refractivity contribution in [2.75, 3.05) is 5.32 Å². The third kappa shape index (κ3) is 2.62. The van der Waals surface area contributed by atoms with E-state index in [1.807, 2.05) is 19.1 Å². The smallest absolute Gasteiger partial charge is 0.189 e. The molecule has 2 heterocycles. The van der Waals surface area contributed by atoms with Gasteiger partial charge in [0.15, 0.2) is 5.13 Å². The second-order valence-electron chi connectivity index (χ2n) is 4.43. The van der Waals surface area contributed by atoms with Crippen LogP contribution in [-0.4, -0.2) is 9.97 Å². The summed E-state index contributed by atoms with van der Waals surface area (Å²) in [6.07, 6.45) is 1.78. The van der Waals surface area contributed by atoms with E-state index in [0.29, 0.717) is 0 Å². The lowest BCUT2D eigenvalue weighted by Gasteiger charge is -2.05. The number of fused-ring (bicyclic) bond motifs is 1. The van der Waals surface area contributed by atoms with Crippen LogP contribution < -0.4 is 5.32 Å². The lowest BCUT2D eigenvalue weighted by Crippen LogP contribution is -1.95. The molecule has 3 rings (SSSR count). The molecule has 0 aliphatic carbocycles. The summed E-state index contributed by atoms with van der Waals surface area (Å²) in [7, 11) is 0. The third-order valence-electron chi connectivity index (χ3n) is 2.81. The number of benzene rings is 1. The van der Waals surface area contributed by atoms with Crippen LogP contribution in [0.15, 0.2) is 34.9 Å². The van der Waals surface area contributed by atoms with E-state index in [1.54, 1.807) is 17.5 Å². The largest absolute Gasteiger partial charge is 0.316 e. The molecule has 3 nitrogen and oxygen atoms in total. The molecular formula is C14H12BrN3S. The number of thiazole rings is 1. The third-order valence-corrected chi connectivity index (χ3v) is 4.18. The highest BCUT2D eigenvalue weighted by molar-refractivity contribution is 9.10. The Bertz CT molecular complexity index is 752. The first kappa shape index (κ1) is 12.6. The van der Waals surface area contributed by atoms with Gasteiger partial charge in [0.1, 0.15) is 5.82 Å². The van der Waals surface area contributed by atoms with E-state index in [0.717, 1.165) is 26.5 Å². The molecular weight excluding hydrogens is 322 g/mol. The molecule has 5 heteroatoms. The number of aromatic nitrogens is 2. The fraction of sp³-hybridized carbons (Fsp3) is 0.143. The fourth-order valence-electron chi connectivity index (χ4n) is 1.86. The van der Waals surface area contributed by atoms with Gasteiger partial charge in [0.25, 0.3) is 0 Å². The molecule has 0 spiro atoms. The van der Waals surface area contributed by atoms with Crippen molar-refractivity contribution >= 4 is 48.4 Å². The molecule has 3 aromatic rings. The zero-order chi connectivity index (χ0) is 13.4. The summed E-state index contributed by atoms with van der Waals surface area (Å²) >= 11 is 5.06. The summed E-state index contributed by atoms with van der Waals surface area (Å²) in [5, 5.41) is 4.16. The van der Waals surface area contributed by atoms with Gasteiger partial charge >= 0.3 is 0 Å². The van der Waals surface area contributed by atoms with Gasteiger partial charge in [0.2, 0.25) is 0 Å². The number of aryl methyl sites for hydroxylation is 2. The van der Waals surface area contributed by atoms with E-state index in [2.05, 4.69) is 50.3 Å². The minimum absolute atomic E-state index is 0.846. The Hall–Kier alpha value is -1.46. The monoisotopic (exact) mass is 333 g/mol. The van der Waals surface area contributed by atoms with Gasteiger partial charge in [-0.05, 0) is 59.1 Å². The number of anilines is 2. The van der Waals surface area contributed by atoms with Crippen molar-refractivity contribution < 1.29 is 0 Å². The van der Waals surface area contributed by atoms with Crippen molar-refractivity contribution in [2.45, 2.75) is 13.8 Å². The van der Waals surface area contributed by atoms with Gasteiger partial charge in [0.05, 0.1) is 10.2 Å². The first-order chi connectivity index (χ1) is 9.11. The number of nitrogens with one attached hydrogen (secondary N) is 1. The zero-order valence-corrected chi connectivity index (χ0v) is 13.0. The van der Waals surface area contributed by atoms with Crippen molar-refractivity contribution in [1.29, 1.82) is 0 Å². The molecule has 0 saturated carbocycles. The van der Waals surface area contributed by atoms with E-state index in [9.17, 15) is 0 Å². The van der Waals surface area contributed by atoms with Crippen LogP contribution in [0.5, 0.6) is 0 Å². The van der Waals surface area contributed by atoms with Gasteiger partial charge in [-0.2, -0.15) is 0 Å². The number of pyridine rings is 1. The van der Waals surface area contributed by atoms with Crippen LogP contribution in [0.4, 0.5) is 10.9 Å². The van der Waals surface area contributed by atoms with Crippen LogP contribution in [0, 0.1) is 13.8 Å². The molecule has 1 N–H and O–H groups in total. The first-order valence-corrected chi connectivity index (χ1v) is 7.49. The van der Waals surface area contributed by atoms with E-state index < -0.39 is 0 Å². The van der Waals surface area contributed by atoms with E-state index in [1.165, 1.54) is 10.3 Å². The Morgan fingerprint density at radius 1 is 1.21 bits per heavy atom. The summed E-state index contributed by atoms with van der Waals surface area (Å²) in [6.45, 7) is 4.12. The SMILES string of the molecule is Cc1ccc2nc(Nc3ncc(Br)cc3C)sc2c1. The van der Waals surface area contributed by atoms with Crippen molar-refractivity contribution in [2.24, 2.45) is 0 Å². The number of nitrogens with zero attached hydrogens (tertiary/aromatic N) is 2. The van der Waals surface area contributed by atoms with Crippen LogP contribution in [0.1, 0.15) is 11.1 Å². The topological polar surface area (TPSA) is 37.8 Å². The number of rotatable bonds is 2. The molecule has 0 saturated heterocycles. The molecule has 0 aliphatic heterocycles. The Balaban J connectivity index is 1.96. The molecule has 0 amide bonds. The predicted octanol–water partition coefficient (Wildman–Crippen LogP) is 4.81. The molecule has 96 valence electrons. The standard InChI is InChI=1S/C14H12BrN3S/c1-8-3-4-11-12(5-8)19-14(17-11)18-13-9(2)6-10(15)7-16-13/h3-7H,1-2H3,(H,16,17,18). The average molecular weight is 334 g/mol. The molecule has 0 unspecified atom stereocenters. The highest BCUT2D eigenvalue weighted by Gasteiger charge is 2.06. The maximum absolute atomic E-state index is 4.57. The van der Waals surface area contributed by atoms with Gasteiger partial charge in [-0.3, -0.25) is 0 Å². The van der Waals surface area contributed by atoms with Crippen LogP contribution in [-0.2, 0) is 0 Å². The number of hydrogen-bond acceptors (Lipinski definition) is 4. The molecule has 0 aliphatic rings. The molecule has 0 bridgehead atoms. The summed E-state index contributed by atoms with van der Waals surface area (Å²) in [5.41, 5.74) is 3.36. The summed E-state index contributed by atoms with van der Waals surface area (Å²) in [6, 6.07) is 8.32. The first-order valence-electron chi connectivity index (χ1n) is 5.88. The van der Waals surface area contributed by atoms with Crippen molar-refractivity contribution in [3.8, 4) is 0 Å². The van der Waals surface area contributed by atoms with E-state index in [-0.39, 0.29) is 0 Å². The summed E-state index contributed by atoms with van der Waals surface area (Å²) < 4.78 is 2.17. The van der Waals surface area contributed by atoms with Crippen LogP contribution in [0.3, 0.4) is 0 Å². The van der Waals surface area contributed by atoms with Crippen molar-refractivity contribution in [1.82, 2.24) is 9.97 Å². The van der Waals surface area contributed by atoms with Crippen molar-refractivity contribution in [3.63, 3.8) is 0 Å². The van der Waals surface area contributed by atoms with E-state index in [4.69, 9.17) is 0 Å². The van der Waals surface area contributed by atoms with Crippen LogP contribution in [0.2, 0.25) is 0 Å². The van der Waals surface area contributed by atoms with Gasteiger partial charge in [-0.15, -0.1) is 0 Å². The maximum atomic E-state index is 4.57. The Labute approximate surface area is 123 Å². The van der Waals surface area contributed by atoms with Crippen LogP contribution >= 0.6 is 27.3 Å². The van der Waals surface area contributed by atoms with Gasteiger partial charge in [0, 0.05) is 10.7 Å². The number of hydrogen-bond donors (Lipinski definition) is 1. The van der Waals surface area contributed by atoms with Gasteiger partial charge in [-0.25, -0.2) is 9.97 Å². The molecule has 0 fully saturated rings. The highest BCUT2D eigenvalue weighted by Crippen LogP contribution is 2.29. The fourth-order valence-corrected chi connectivity index (χ4v) is 3.27. The van der Waals surface area contributed by atoms with Gasteiger partial charge < -0.3 is 5.32 Å². The van der Waals surface area contributed by atoms with Gasteiger partial charge in [-0.1, -0.05) is 17.4 Å². The molecule has 2 aromatic heterocycles. The second-order valence-corrected chi connectivity index (χ2v) is 6.38. The molecule has 1 aromatic carbocycles. The maximum Gasteiger partial charge on any atom is 0.189 e. The quantitative estimate of drug-likeness (QED) is 0.730. The Morgan fingerprint density at radius 3 is 2.84 bits per heavy atom. The predicted molar refractivity (Wildman–Crippen MR) is 84.3 cm³/mol. The average Bonchev–Trinajstić information content (AvgIpc) is 2.74.